The van der Waals surface area contributed by atoms with Crippen molar-refractivity contribution < 1.29 is 19.4 Å². The molecule has 1 N–H and O–H groups in total. The van der Waals surface area contributed by atoms with Crippen LogP contribution in [0.25, 0.3) is 0 Å². The average Bonchev–Trinajstić information content (AvgIpc) is 2.33. The summed E-state index contributed by atoms with van der Waals surface area (Å²) < 4.78 is 10.4. The van der Waals surface area contributed by atoms with Crippen molar-refractivity contribution in [1.29, 1.82) is 0 Å². The number of aliphatic carboxylic acids is 1. The molecule has 1 fully saturated rings. The zero-order chi connectivity index (χ0) is 14.0. The van der Waals surface area contributed by atoms with E-state index in [9.17, 15) is 9.90 Å². The van der Waals surface area contributed by atoms with Crippen molar-refractivity contribution in [3.8, 4) is 5.75 Å². The molecule has 0 aliphatic carbocycles. The Morgan fingerprint density at radius 3 is 2.58 bits per heavy atom. The highest BCUT2D eigenvalue weighted by atomic mass is 16.5. The van der Waals surface area contributed by atoms with Crippen molar-refractivity contribution in [2.45, 2.75) is 26.2 Å². The minimum Gasteiger partial charge on any atom is -0.496 e. The average molecular weight is 264 g/mol. The van der Waals surface area contributed by atoms with E-state index in [1.54, 1.807) is 7.11 Å². The first-order chi connectivity index (χ1) is 8.98. The van der Waals surface area contributed by atoms with E-state index in [1.165, 1.54) is 0 Å². The number of ether oxygens (including phenoxy) is 2. The van der Waals surface area contributed by atoms with E-state index < -0.39 is 11.4 Å². The Labute approximate surface area is 113 Å². The lowest BCUT2D eigenvalue weighted by atomic mass is 9.79. The molecule has 0 saturated carbocycles. The van der Waals surface area contributed by atoms with Crippen molar-refractivity contribution >= 4 is 5.97 Å². The molecule has 0 radical (unpaired) electrons. The Bertz CT molecular complexity index is 475. The number of benzene rings is 1. The number of carboxylic acids is 1. The van der Waals surface area contributed by atoms with Gasteiger partial charge in [0, 0.05) is 0 Å². The van der Waals surface area contributed by atoms with Gasteiger partial charge in [0.2, 0.25) is 0 Å². The third-order valence-corrected chi connectivity index (χ3v) is 3.67. The number of carboxylic acid groups (broad SMARTS) is 1. The van der Waals surface area contributed by atoms with Gasteiger partial charge in [0.15, 0.2) is 0 Å². The Balaban J connectivity index is 2.26. The lowest BCUT2D eigenvalue weighted by Gasteiger charge is -2.37. The summed E-state index contributed by atoms with van der Waals surface area (Å²) in [5, 5.41) is 9.32. The molecule has 19 heavy (non-hydrogen) atoms. The molecule has 0 aromatic heterocycles. The second-order valence-corrected chi connectivity index (χ2v) is 5.49. The van der Waals surface area contributed by atoms with Crippen LogP contribution in [0.15, 0.2) is 18.2 Å². The van der Waals surface area contributed by atoms with E-state index >= 15 is 0 Å². The molecular formula is C15H20O4. The smallest absolute Gasteiger partial charge is 0.314 e. The van der Waals surface area contributed by atoms with Crippen LogP contribution < -0.4 is 4.74 Å². The Morgan fingerprint density at radius 1 is 1.47 bits per heavy atom. The highest BCUT2D eigenvalue weighted by Gasteiger charge is 2.46. The molecule has 1 saturated heterocycles. The molecule has 1 aromatic carbocycles. The van der Waals surface area contributed by atoms with E-state index in [4.69, 9.17) is 9.47 Å². The van der Waals surface area contributed by atoms with Crippen LogP contribution in [0, 0.1) is 5.41 Å². The van der Waals surface area contributed by atoms with Crippen molar-refractivity contribution in [3.63, 3.8) is 0 Å². The Kier molecular flexibility index (Phi) is 3.80. The second kappa shape index (κ2) is 5.21. The molecule has 1 aromatic rings. The van der Waals surface area contributed by atoms with Crippen molar-refractivity contribution in [2.24, 2.45) is 5.41 Å². The van der Waals surface area contributed by atoms with Crippen LogP contribution in [0.3, 0.4) is 0 Å². The second-order valence-electron chi connectivity index (χ2n) is 5.49. The molecule has 0 atom stereocenters. The minimum absolute atomic E-state index is 0.297. The van der Waals surface area contributed by atoms with Gasteiger partial charge in [-0.15, -0.1) is 0 Å². The van der Waals surface area contributed by atoms with Gasteiger partial charge >= 0.3 is 5.97 Å². The lowest BCUT2D eigenvalue weighted by molar-refractivity contribution is -0.179. The van der Waals surface area contributed by atoms with Crippen LogP contribution in [-0.4, -0.2) is 31.4 Å². The topological polar surface area (TPSA) is 55.8 Å². The van der Waals surface area contributed by atoms with Gasteiger partial charge in [0.1, 0.15) is 11.2 Å². The molecule has 104 valence electrons. The monoisotopic (exact) mass is 264 g/mol. The van der Waals surface area contributed by atoms with Crippen LogP contribution in [0.1, 0.15) is 30.9 Å². The van der Waals surface area contributed by atoms with Crippen molar-refractivity contribution in [3.05, 3.63) is 29.3 Å². The molecule has 1 aliphatic rings. The molecule has 4 nitrogen and oxygen atoms in total. The molecular weight excluding hydrogens is 244 g/mol. The molecule has 1 heterocycles. The summed E-state index contributed by atoms with van der Waals surface area (Å²) in [6.45, 7) is 4.79. The zero-order valence-electron chi connectivity index (χ0n) is 11.6. The molecule has 4 heteroatoms. The standard InChI is InChI=1S/C15H20O4/c1-10(2)12-6-11(4-5-13(12)18-3)7-15(14(16)17)8-19-9-15/h4-6,10H,7-9H2,1-3H3,(H,16,17). The number of methoxy groups -OCH3 is 1. The first-order valence-corrected chi connectivity index (χ1v) is 6.46. The lowest BCUT2D eigenvalue weighted by Crippen LogP contribution is -2.50. The maximum absolute atomic E-state index is 11.3. The summed E-state index contributed by atoms with van der Waals surface area (Å²) in [4.78, 5) is 11.3. The number of rotatable bonds is 5. The normalized spacial score (nSPS) is 17.1. The summed E-state index contributed by atoms with van der Waals surface area (Å²) in [5.74, 6) is 0.418. The number of hydrogen-bond acceptors (Lipinski definition) is 3. The summed E-state index contributed by atoms with van der Waals surface area (Å²) in [6.07, 6.45) is 0.506. The van der Waals surface area contributed by atoms with E-state index in [2.05, 4.69) is 13.8 Å². The first kappa shape index (κ1) is 13.9. The number of carbonyl (C=O) groups is 1. The summed E-state index contributed by atoms with van der Waals surface area (Å²) >= 11 is 0. The summed E-state index contributed by atoms with van der Waals surface area (Å²) in [6, 6.07) is 5.90. The molecule has 0 unspecified atom stereocenters. The van der Waals surface area contributed by atoms with Crippen LogP contribution in [0.2, 0.25) is 0 Å². The van der Waals surface area contributed by atoms with Crippen LogP contribution in [0.5, 0.6) is 5.75 Å². The van der Waals surface area contributed by atoms with E-state index in [-0.39, 0.29) is 0 Å². The van der Waals surface area contributed by atoms with Gasteiger partial charge in [0.25, 0.3) is 0 Å². The highest BCUT2D eigenvalue weighted by molar-refractivity contribution is 5.76. The van der Waals surface area contributed by atoms with Gasteiger partial charge in [0.05, 0.1) is 20.3 Å². The molecule has 1 aliphatic heterocycles. The van der Waals surface area contributed by atoms with E-state index in [1.807, 2.05) is 18.2 Å². The van der Waals surface area contributed by atoms with Gasteiger partial charge in [-0.05, 0) is 29.5 Å². The predicted molar refractivity (Wildman–Crippen MR) is 71.7 cm³/mol. The Morgan fingerprint density at radius 2 is 2.16 bits per heavy atom. The molecule has 0 spiro atoms. The molecule has 2 rings (SSSR count). The number of hydrogen-bond donors (Lipinski definition) is 1. The zero-order valence-corrected chi connectivity index (χ0v) is 11.6. The SMILES string of the molecule is COc1ccc(CC2(C(=O)O)COC2)cc1C(C)C. The van der Waals surface area contributed by atoms with Crippen LogP contribution in [-0.2, 0) is 16.0 Å². The molecule has 0 amide bonds. The van der Waals surface area contributed by atoms with Crippen LogP contribution in [0.4, 0.5) is 0 Å². The van der Waals surface area contributed by atoms with Gasteiger partial charge in [-0.3, -0.25) is 4.79 Å². The molecule has 0 bridgehead atoms. The minimum atomic E-state index is -0.777. The third-order valence-electron chi connectivity index (χ3n) is 3.67. The third kappa shape index (κ3) is 2.59. The largest absolute Gasteiger partial charge is 0.496 e. The first-order valence-electron chi connectivity index (χ1n) is 6.46. The van der Waals surface area contributed by atoms with Crippen molar-refractivity contribution in [2.75, 3.05) is 20.3 Å². The Hall–Kier alpha value is -1.55. The summed E-state index contributed by atoms with van der Waals surface area (Å²) in [5.41, 5.74) is 1.39. The highest BCUT2D eigenvalue weighted by Crippen LogP contribution is 2.34. The maximum Gasteiger partial charge on any atom is 0.314 e. The van der Waals surface area contributed by atoms with Gasteiger partial charge in [-0.25, -0.2) is 0 Å². The van der Waals surface area contributed by atoms with E-state index in [0.717, 1.165) is 16.9 Å². The predicted octanol–water partition coefficient (Wildman–Crippen LogP) is 2.46. The van der Waals surface area contributed by atoms with Crippen LogP contribution >= 0.6 is 0 Å². The van der Waals surface area contributed by atoms with Crippen molar-refractivity contribution in [1.82, 2.24) is 0 Å². The van der Waals surface area contributed by atoms with Gasteiger partial charge in [-0.1, -0.05) is 26.0 Å². The maximum atomic E-state index is 11.3. The fourth-order valence-electron chi connectivity index (χ4n) is 2.39. The van der Waals surface area contributed by atoms with E-state index in [0.29, 0.717) is 25.6 Å². The van der Waals surface area contributed by atoms with Gasteiger partial charge in [-0.2, -0.15) is 0 Å². The summed E-state index contributed by atoms with van der Waals surface area (Å²) in [7, 11) is 1.65. The quantitative estimate of drug-likeness (QED) is 0.887. The van der Waals surface area contributed by atoms with Gasteiger partial charge < -0.3 is 14.6 Å². The fraction of sp³-hybridized carbons (Fsp3) is 0.533. The fourth-order valence-corrected chi connectivity index (χ4v) is 2.39.